The predicted octanol–water partition coefficient (Wildman–Crippen LogP) is 2.17. The number of nitrogens with one attached hydrogen (secondary N) is 2. The predicted molar refractivity (Wildman–Crippen MR) is 119 cm³/mol. The van der Waals surface area contributed by atoms with Crippen LogP contribution >= 0.6 is 11.6 Å². The van der Waals surface area contributed by atoms with Crippen molar-refractivity contribution in [1.29, 1.82) is 0 Å². The first-order valence-electron chi connectivity index (χ1n) is 10.8. The van der Waals surface area contributed by atoms with Gasteiger partial charge in [0.25, 0.3) is 0 Å². The first-order valence-corrected chi connectivity index (χ1v) is 11.2. The van der Waals surface area contributed by atoms with E-state index in [9.17, 15) is 24.3 Å². The normalized spacial score (nSPS) is 27.7. The van der Waals surface area contributed by atoms with Gasteiger partial charge in [-0.3, -0.25) is 29.4 Å². The average molecular weight is 468 g/mol. The third-order valence-corrected chi connectivity index (χ3v) is 7.24. The second-order valence-corrected chi connectivity index (χ2v) is 9.08. The van der Waals surface area contributed by atoms with Gasteiger partial charge in [0.1, 0.15) is 5.54 Å². The van der Waals surface area contributed by atoms with E-state index in [1.54, 1.807) is 18.2 Å². The van der Waals surface area contributed by atoms with Crippen molar-refractivity contribution in [2.75, 3.05) is 11.9 Å². The monoisotopic (exact) mass is 467 g/mol. The summed E-state index contributed by atoms with van der Waals surface area (Å²) in [6.45, 7) is 0.195. The van der Waals surface area contributed by atoms with Gasteiger partial charge in [-0.1, -0.05) is 54.1 Å². The summed E-state index contributed by atoms with van der Waals surface area (Å²) in [7, 11) is 0. The van der Waals surface area contributed by atoms with Gasteiger partial charge in [-0.05, 0) is 24.5 Å². The van der Waals surface area contributed by atoms with Gasteiger partial charge in [-0.15, -0.1) is 0 Å². The van der Waals surface area contributed by atoms with Crippen LogP contribution in [0.1, 0.15) is 24.0 Å². The number of likely N-dealkylation sites (tertiary alicyclic amines) is 1. The fourth-order valence-corrected chi connectivity index (χ4v) is 5.71. The molecule has 0 bridgehead atoms. The number of carboxylic acid groups (broad SMARTS) is 1. The van der Waals surface area contributed by atoms with E-state index < -0.39 is 41.2 Å². The Kier molecular flexibility index (Phi) is 5.22. The molecule has 0 unspecified atom stereocenters. The van der Waals surface area contributed by atoms with E-state index in [1.165, 1.54) is 4.90 Å². The lowest BCUT2D eigenvalue weighted by atomic mass is 9.76. The fraction of sp³-hybridized carbons (Fsp3) is 0.333. The zero-order valence-electron chi connectivity index (χ0n) is 17.6. The summed E-state index contributed by atoms with van der Waals surface area (Å²) in [5.41, 5.74) is 0.444. The molecule has 33 heavy (non-hydrogen) atoms. The van der Waals surface area contributed by atoms with E-state index in [0.29, 0.717) is 22.7 Å². The molecule has 3 aliphatic heterocycles. The lowest BCUT2D eigenvalue weighted by Gasteiger charge is -2.29. The molecular weight excluding hydrogens is 446 g/mol. The fourth-order valence-electron chi connectivity index (χ4n) is 5.49. The molecule has 5 rings (SSSR count). The Morgan fingerprint density at radius 3 is 2.55 bits per heavy atom. The van der Waals surface area contributed by atoms with E-state index in [0.717, 1.165) is 5.56 Å². The van der Waals surface area contributed by atoms with Crippen LogP contribution in [0.2, 0.25) is 5.02 Å². The Bertz CT molecular complexity index is 1170. The van der Waals surface area contributed by atoms with Crippen molar-refractivity contribution < 1.29 is 24.3 Å². The van der Waals surface area contributed by atoms with E-state index in [4.69, 9.17) is 11.6 Å². The van der Waals surface area contributed by atoms with Gasteiger partial charge < -0.3 is 10.4 Å². The van der Waals surface area contributed by atoms with Crippen molar-refractivity contribution >= 4 is 41.0 Å². The van der Waals surface area contributed by atoms with Gasteiger partial charge in [0.2, 0.25) is 17.7 Å². The van der Waals surface area contributed by atoms with Crippen molar-refractivity contribution in [2.24, 2.45) is 11.8 Å². The molecule has 1 spiro atoms. The summed E-state index contributed by atoms with van der Waals surface area (Å²) in [6, 6.07) is 13.9. The molecule has 2 fully saturated rings. The number of para-hydroxylation sites is 1. The van der Waals surface area contributed by atoms with Crippen LogP contribution in [0.15, 0.2) is 48.5 Å². The average Bonchev–Trinajstić information content (AvgIpc) is 3.38. The van der Waals surface area contributed by atoms with E-state index in [-0.39, 0.29) is 25.3 Å². The Morgan fingerprint density at radius 1 is 1.06 bits per heavy atom. The van der Waals surface area contributed by atoms with Crippen LogP contribution in [0, 0.1) is 11.8 Å². The second-order valence-electron chi connectivity index (χ2n) is 8.67. The number of amides is 3. The molecule has 0 radical (unpaired) electrons. The maximum absolute atomic E-state index is 13.6. The van der Waals surface area contributed by atoms with Crippen LogP contribution in [0.5, 0.6) is 0 Å². The van der Waals surface area contributed by atoms with Crippen LogP contribution in [-0.2, 0) is 31.1 Å². The van der Waals surface area contributed by atoms with Crippen molar-refractivity contribution in [3.8, 4) is 0 Å². The molecule has 4 atom stereocenters. The van der Waals surface area contributed by atoms with Crippen molar-refractivity contribution in [3.05, 3.63) is 64.7 Å². The summed E-state index contributed by atoms with van der Waals surface area (Å²) in [5, 5.41) is 15.5. The third kappa shape index (κ3) is 3.24. The molecule has 9 heteroatoms. The topological polar surface area (TPSA) is 116 Å². The standard InChI is InChI=1S/C24H22ClN3O5/c25-15-8-4-7-14-20(15)26-23(33)24(14)19-18(16(27-24)9-10-17(29)30)21(31)28(22(19)32)12-11-13-5-2-1-3-6-13/h1-8,16,18-19,27H,9-12H2,(H,26,33)(H,29,30)/t16-,18+,19-,24-/m0/s1. The quantitative estimate of drug-likeness (QED) is 0.561. The molecule has 0 aliphatic carbocycles. The third-order valence-electron chi connectivity index (χ3n) is 6.93. The van der Waals surface area contributed by atoms with Gasteiger partial charge in [-0.25, -0.2) is 0 Å². The molecule has 2 saturated heterocycles. The maximum atomic E-state index is 13.6. The molecule has 3 N–H and O–H groups in total. The van der Waals surface area contributed by atoms with Crippen LogP contribution in [-0.4, -0.2) is 46.3 Å². The number of imide groups is 1. The summed E-state index contributed by atoms with van der Waals surface area (Å²) in [4.78, 5) is 52.9. The number of benzene rings is 2. The first-order chi connectivity index (χ1) is 15.8. The Labute approximate surface area is 194 Å². The lowest BCUT2D eigenvalue weighted by Crippen LogP contribution is -2.53. The number of fused-ring (bicyclic) bond motifs is 4. The van der Waals surface area contributed by atoms with Crippen molar-refractivity contribution in [1.82, 2.24) is 10.2 Å². The van der Waals surface area contributed by atoms with Gasteiger partial charge in [0, 0.05) is 24.6 Å². The number of rotatable bonds is 6. The zero-order valence-corrected chi connectivity index (χ0v) is 18.3. The summed E-state index contributed by atoms with van der Waals surface area (Å²) in [6.07, 6.45) is 0.423. The Hall–Kier alpha value is -3.23. The minimum Gasteiger partial charge on any atom is -0.481 e. The maximum Gasteiger partial charge on any atom is 0.303 e. The number of carbonyl (C=O) groups excluding carboxylic acids is 3. The smallest absolute Gasteiger partial charge is 0.303 e. The molecule has 170 valence electrons. The Balaban J connectivity index is 1.53. The summed E-state index contributed by atoms with van der Waals surface area (Å²) < 4.78 is 0. The summed E-state index contributed by atoms with van der Waals surface area (Å²) in [5.74, 6) is -4.06. The number of halogens is 1. The minimum atomic E-state index is -1.47. The lowest BCUT2D eigenvalue weighted by molar-refractivity contribution is -0.143. The molecule has 2 aromatic carbocycles. The number of nitrogens with zero attached hydrogens (tertiary/aromatic N) is 1. The highest BCUT2D eigenvalue weighted by Gasteiger charge is 2.70. The summed E-state index contributed by atoms with van der Waals surface area (Å²) >= 11 is 6.31. The van der Waals surface area contributed by atoms with E-state index in [1.807, 2.05) is 30.3 Å². The Morgan fingerprint density at radius 2 is 1.82 bits per heavy atom. The molecule has 3 amide bonds. The zero-order chi connectivity index (χ0) is 23.3. The number of aliphatic carboxylic acids is 1. The van der Waals surface area contributed by atoms with Crippen LogP contribution < -0.4 is 10.6 Å². The number of hydrogen-bond acceptors (Lipinski definition) is 5. The molecule has 3 aliphatic rings. The van der Waals surface area contributed by atoms with E-state index in [2.05, 4.69) is 10.6 Å². The van der Waals surface area contributed by atoms with Gasteiger partial charge in [0.15, 0.2) is 0 Å². The molecule has 8 nitrogen and oxygen atoms in total. The number of carboxylic acids is 1. The highest BCUT2D eigenvalue weighted by atomic mass is 35.5. The van der Waals surface area contributed by atoms with Crippen molar-refractivity contribution in [3.63, 3.8) is 0 Å². The molecule has 3 heterocycles. The van der Waals surface area contributed by atoms with Crippen LogP contribution in [0.3, 0.4) is 0 Å². The second kappa shape index (κ2) is 7.97. The molecule has 0 saturated carbocycles. The number of carbonyl (C=O) groups is 4. The SMILES string of the molecule is O=C(O)CC[C@@H]1N[C@]2(C(=O)Nc3c(Cl)cccc32)[C@@H]2C(=O)N(CCc3ccccc3)C(=O)[C@H]12. The van der Waals surface area contributed by atoms with Crippen molar-refractivity contribution in [2.45, 2.75) is 30.8 Å². The van der Waals surface area contributed by atoms with E-state index >= 15 is 0 Å². The number of hydrogen-bond donors (Lipinski definition) is 3. The van der Waals surface area contributed by atoms with Gasteiger partial charge in [-0.2, -0.15) is 0 Å². The molecule has 2 aromatic rings. The molecule has 0 aromatic heterocycles. The highest BCUT2D eigenvalue weighted by Crippen LogP contribution is 2.54. The van der Waals surface area contributed by atoms with Crippen LogP contribution in [0.25, 0.3) is 0 Å². The largest absolute Gasteiger partial charge is 0.481 e. The highest BCUT2D eigenvalue weighted by molar-refractivity contribution is 6.35. The van der Waals surface area contributed by atoms with Gasteiger partial charge in [0.05, 0.1) is 22.5 Å². The molecular formula is C24H22ClN3O5. The minimum absolute atomic E-state index is 0.118. The number of anilines is 1. The van der Waals surface area contributed by atoms with Crippen LogP contribution in [0.4, 0.5) is 5.69 Å². The first kappa shape index (κ1) is 21.6. The van der Waals surface area contributed by atoms with Gasteiger partial charge >= 0.3 is 5.97 Å².